The van der Waals surface area contributed by atoms with Crippen LogP contribution in [0.15, 0.2) is 30.3 Å². The van der Waals surface area contributed by atoms with E-state index in [1.165, 1.54) is 14.2 Å². The number of carbonyl (C=O) groups is 1. The van der Waals surface area contributed by atoms with Crippen LogP contribution in [0.25, 0.3) is 0 Å². The molecular formula is C19H21ClN2O5. The summed E-state index contributed by atoms with van der Waals surface area (Å²) in [6, 6.07) is 8.06. The molecule has 0 bridgehead atoms. The molecule has 1 aliphatic heterocycles. The Labute approximate surface area is 162 Å². The molecule has 0 saturated carbocycles. The minimum atomic E-state index is -0.545. The zero-order valence-corrected chi connectivity index (χ0v) is 16.1. The Kier molecular flexibility index (Phi) is 5.81. The van der Waals surface area contributed by atoms with Gasteiger partial charge >= 0.3 is 0 Å². The van der Waals surface area contributed by atoms with Gasteiger partial charge in [-0.15, -0.1) is 0 Å². The van der Waals surface area contributed by atoms with Crippen molar-refractivity contribution in [3.63, 3.8) is 0 Å². The van der Waals surface area contributed by atoms with Crippen LogP contribution >= 0.6 is 11.6 Å². The maximum atomic E-state index is 12.5. The minimum absolute atomic E-state index is 0.222. The molecule has 144 valence electrons. The van der Waals surface area contributed by atoms with Crippen molar-refractivity contribution < 1.29 is 23.7 Å². The van der Waals surface area contributed by atoms with Gasteiger partial charge in [-0.1, -0.05) is 11.6 Å². The number of carbonyl (C=O) groups excluding carboxylic acids is 1. The number of methoxy groups -OCH3 is 2. The predicted octanol–water partition coefficient (Wildman–Crippen LogP) is 3.57. The van der Waals surface area contributed by atoms with Crippen molar-refractivity contribution >= 4 is 28.9 Å². The van der Waals surface area contributed by atoms with Crippen LogP contribution in [0.2, 0.25) is 5.02 Å². The van der Waals surface area contributed by atoms with Gasteiger partial charge in [0.25, 0.3) is 0 Å². The normalized spacial score (nSPS) is 13.5. The summed E-state index contributed by atoms with van der Waals surface area (Å²) < 4.78 is 21.5. The zero-order chi connectivity index (χ0) is 19.4. The van der Waals surface area contributed by atoms with Gasteiger partial charge in [-0.25, -0.2) is 0 Å². The first-order valence-corrected chi connectivity index (χ1v) is 8.78. The Morgan fingerprint density at radius 3 is 2.48 bits per heavy atom. The van der Waals surface area contributed by atoms with Crippen molar-refractivity contribution in [1.29, 1.82) is 0 Å². The fraction of sp³-hybridized carbons (Fsp3) is 0.316. The number of rotatable bonds is 6. The van der Waals surface area contributed by atoms with Crippen molar-refractivity contribution in [1.82, 2.24) is 0 Å². The summed E-state index contributed by atoms with van der Waals surface area (Å²) in [6.45, 7) is 2.75. The number of benzene rings is 2. The minimum Gasteiger partial charge on any atom is -0.495 e. The molecule has 1 atom stereocenters. The lowest BCUT2D eigenvalue weighted by Gasteiger charge is -2.20. The summed E-state index contributed by atoms with van der Waals surface area (Å²) in [5.74, 6) is 2.08. The van der Waals surface area contributed by atoms with Gasteiger partial charge in [0.05, 0.1) is 24.9 Å². The van der Waals surface area contributed by atoms with Crippen molar-refractivity contribution in [3.8, 4) is 23.0 Å². The number of fused-ring (bicyclic) bond motifs is 1. The Balaban J connectivity index is 1.70. The smallest absolute Gasteiger partial charge is 0.246 e. The van der Waals surface area contributed by atoms with Gasteiger partial charge in [0, 0.05) is 17.8 Å². The molecule has 2 aromatic rings. The number of hydrogen-bond donors (Lipinski definition) is 2. The van der Waals surface area contributed by atoms with Crippen molar-refractivity contribution in [2.75, 3.05) is 38.1 Å². The van der Waals surface area contributed by atoms with Crippen LogP contribution in [0.4, 0.5) is 11.4 Å². The van der Waals surface area contributed by atoms with E-state index in [0.29, 0.717) is 52.6 Å². The lowest BCUT2D eigenvalue weighted by atomic mass is 10.2. The third kappa shape index (κ3) is 4.31. The summed E-state index contributed by atoms with van der Waals surface area (Å²) in [4.78, 5) is 12.5. The standard InChI is InChI=1S/C19H21ClN2O5/c1-11(21-14-9-13(20)16(24-2)10-17(14)25-3)19(23)22-12-4-5-15-18(8-12)27-7-6-26-15/h4-5,8-11,21H,6-7H2,1-3H3,(H,22,23)/t11-/m1/s1. The molecule has 3 rings (SSSR count). The molecule has 0 radical (unpaired) electrons. The largest absolute Gasteiger partial charge is 0.495 e. The maximum Gasteiger partial charge on any atom is 0.246 e. The van der Waals surface area contributed by atoms with E-state index in [9.17, 15) is 4.79 Å². The SMILES string of the molecule is COc1cc(OC)c(N[C@H](C)C(=O)Nc2ccc3c(c2)OCCO3)cc1Cl. The second kappa shape index (κ2) is 8.26. The van der Waals surface area contributed by atoms with E-state index in [0.717, 1.165) is 0 Å². The lowest BCUT2D eigenvalue weighted by Crippen LogP contribution is -2.32. The molecule has 0 fully saturated rings. The summed E-state index contributed by atoms with van der Waals surface area (Å²) in [5, 5.41) is 6.37. The zero-order valence-electron chi connectivity index (χ0n) is 15.3. The quantitative estimate of drug-likeness (QED) is 0.782. The van der Waals surface area contributed by atoms with Crippen LogP contribution in [0.3, 0.4) is 0 Å². The summed E-state index contributed by atoms with van der Waals surface area (Å²) >= 11 is 6.17. The van der Waals surface area contributed by atoms with Crippen LogP contribution < -0.4 is 29.6 Å². The van der Waals surface area contributed by atoms with Gasteiger partial charge in [-0.05, 0) is 25.1 Å². The molecule has 27 heavy (non-hydrogen) atoms. The van der Waals surface area contributed by atoms with E-state index in [-0.39, 0.29) is 5.91 Å². The van der Waals surface area contributed by atoms with Crippen molar-refractivity contribution in [3.05, 3.63) is 35.4 Å². The number of nitrogens with one attached hydrogen (secondary N) is 2. The van der Waals surface area contributed by atoms with Gasteiger partial charge in [-0.3, -0.25) is 4.79 Å². The second-order valence-electron chi connectivity index (χ2n) is 5.90. The molecule has 2 aromatic carbocycles. The Morgan fingerprint density at radius 1 is 1.07 bits per heavy atom. The number of ether oxygens (including phenoxy) is 4. The first kappa shape index (κ1) is 19.0. The van der Waals surface area contributed by atoms with E-state index in [4.69, 9.17) is 30.5 Å². The summed E-state index contributed by atoms with van der Waals surface area (Å²) in [5.41, 5.74) is 1.21. The molecule has 0 aromatic heterocycles. The van der Waals surface area contributed by atoms with E-state index in [2.05, 4.69) is 10.6 Å². The van der Waals surface area contributed by atoms with Gasteiger partial charge < -0.3 is 29.6 Å². The second-order valence-corrected chi connectivity index (χ2v) is 6.31. The molecule has 1 heterocycles. The van der Waals surface area contributed by atoms with E-state index in [1.54, 1.807) is 37.3 Å². The Morgan fingerprint density at radius 2 is 1.78 bits per heavy atom. The first-order chi connectivity index (χ1) is 13.0. The van der Waals surface area contributed by atoms with Crippen LogP contribution in [-0.4, -0.2) is 39.4 Å². The molecule has 8 heteroatoms. The van der Waals surface area contributed by atoms with Gasteiger partial charge in [0.2, 0.25) is 5.91 Å². The highest BCUT2D eigenvalue weighted by Crippen LogP contribution is 2.36. The van der Waals surface area contributed by atoms with Gasteiger partial charge in [-0.2, -0.15) is 0 Å². The van der Waals surface area contributed by atoms with Crippen molar-refractivity contribution in [2.24, 2.45) is 0 Å². The molecule has 1 aliphatic rings. The number of halogens is 1. The Bertz CT molecular complexity index is 843. The number of hydrogen-bond acceptors (Lipinski definition) is 6. The van der Waals surface area contributed by atoms with Crippen molar-refractivity contribution in [2.45, 2.75) is 13.0 Å². The molecular weight excluding hydrogens is 372 g/mol. The molecule has 0 unspecified atom stereocenters. The van der Waals surface area contributed by atoms with Crippen LogP contribution in [0.1, 0.15) is 6.92 Å². The highest BCUT2D eigenvalue weighted by atomic mass is 35.5. The fourth-order valence-electron chi connectivity index (χ4n) is 2.64. The van der Waals surface area contributed by atoms with E-state index < -0.39 is 6.04 Å². The van der Waals surface area contributed by atoms with E-state index in [1.807, 2.05) is 0 Å². The third-order valence-corrected chi connectivity index (χ3v) is 4.34. The third-order valence-electron chi connectivity index (χ3n) is 4.05. The predicted molar refractivity (Wildman–Crippen MR) is 104 cm³/mol. The van der Waals surface area contributed by atoms with Gasteiger partial charge in [0.15, 0.2) is 11.5 Å². The molecule has 2 N–H and O–H groups in total. The Hall–Kier alpha value is -2.80. The summed E-state index contributed by atoms with van der Waals surface area (Å²) in [6.07, 6.45) is 0. The lowest BCUT2D eigenvalue weighted by molar-refractivity contribution is -0.116. The molecule has 7 nitrogen and oxygen atoms in total. The highest BCUT2D eigenvalue weighted by molar-refractivity contribution is 6.32. The number of amides is 1. The van der Waals surface area contributed by atoms with E-state index >= 15 is 0 Å². The highest BCUT2D eigenvalue weighted by Gasteiger charge is 2.18. The first-order valence-electron chi connectivity index (χ1n) is 8.40. The maximum absolute atomic E-state index is 12.5. The summed E-state index contributed by atoms with van der Waals surface area (Å²) in [7, 11) is 3.06. The average molecular weight is 393 g/mol. The molecule has 0 aliphatic carbocycles. The fourth-order valence-corrected chi connectivity index (χ4v) is 2.88. The molecule has 1 amide bonds. The molecule has 0 saturated heterocycles. The van der Waals surface area contributed by atoms with Crippen LogP contribution in [0, 0.1) is 0 Å². The van der Waals surface area contributed by atoms with Crippen LogP contribution in [-0.2, 0) is 4.79 Å². The number of anilines is 2. The van der Waals surface area contributed by atoms with Gasteiger partial charge in [0.1, 0.15) is 30.8 Å². The van der Waals surface area contributed by atoms with Crippen LogP contribution in [0.5, 0.6) is 23.0 Å². The monoisotopic (exact) mass is 392 g/mol. The molecule has 0 spiro atoms. The average Bonchev–Trinajstić information content (AvgIpc) is 2.68. The topological polar surface area (TPSA) is 78.1 Å².